The molecule has 0 radical (unpaired) electrons. The first-order valence-corrected chi connectivity index (χ1v) is 5.53. The minimum atomic E-state index is 0.635. The van der Waals surface area contributed by atoms with E-state index < -0.39 is 0 Å². The Hall–Kier alpha value is -1.55. The molecule has 0 aliphatic carbocycles. The second-order valence-corrected chi connectivity index (χ2v) is 4.23. The second kappa shape index (κ2) is 3.79. The van der Waals surface area contributed by atoms with Crippen LogP contribution in [0.1, 0.15) is 5.69 Å². The molecule has 1 N–H and O–H groups in total. The summed E-state index contributed by atoms with van der Waals surface area (Å²) in [5.41, 5.74) is 1.68. The van der Waals surface area contributed by atoms with Crippen LogP contribution in [0.15, 0.2) is 22.7 Å². The third kappa shape index (κ3) is 1.55. The fraction of sp³-hybridized carbons (Fsp3) is 0.417. The molecule has 2 heterocycles. The number of fused-ring (bicyclic) bond motifs is 1. The molecular formula is C12H14N2O2. The first-order chi connectivity index (χ1) is 7.84. The number of nitrogens with zero attached hydrogens (tertiary/aromatic N) is 1. The van der Waals surface area contributed by atoms with Crippen molar-refractivity contribution >= 4 is 11.0 Å². The smallest absolute Gasteiger partial charge is 0.170 e. The topological polar surface area (TPSA) is 47.3 Å². The zero-order chi connectivity index (χ0) is 11.0. The summed E-state index contributed by atoms with van der Waals surface area (Å²) in [5, 5.41) is 8.18. The second-order valence-electron chi connectivity index (χ2n) is 4.23. The number of ether oxygens (including phenoxy) is 1. The molecule has 2 aromatic rings. The van der Waals surface area contributed by atoms with E-state index in [-0.39, 0.29) is 0 Å². The Morgan fingerprint density at radius 2 is 2.38 bits per heavy atom. The first kappa shape index (κ1) is 9.66. The summed E-state index contributed by atoms with van der Waals surface area (Å²) in [6.07, 6.45) is 0. The van der Waals surface area contributed by atoms with Crippen molar-refractivity contribution in [3.8, 4) is 5.75 Å². The van der Waals surface area contributed by atoms with Gasteiger partial charge in [0.1, 0.15) is 5.75 Å². The molecule has 1 aromatic heterocycles. The molecule has 1 aromatic carbocycles. The van der Waals surface area contributed by atoms with Gasteiger partial charge in [-0.1, -0.05) is 11.2 Å². The van der Waals surface area contributed by atoms with Gasteiger partial charge in [0.15, 0.2) is 5.58 Å². The van der Waals surface area contributed by atoms with Crippen molar-refractivity contribution < 1.29 is 9.26 Å². The number of benzene rings is 1. The maximum absolute atomic E-state index is 5.82. The number of hydrogen-bond donors (Lipinski definition) is 1. The van der Waals surface area contributed by atoms with Crippen molar-refractivity contribution in [1.29, 1.82) is 0 Å². The molecule has 0 saturated carbocycles. The highest BCUT2D eigenvalue weighted by molar-refractivity contribution is 5.85. The summed E-state index contributed by atoms with van der Waals surface area (Å²) in [7, 11) is 0. The highest BCUT2D eigenvalue weighted by Crippen LogP contribution is 2.28. The van der Waals surface area contributed by atoms with Crippen molar-refractivity contribution in [2.24, 2.45) is 5.92 Å². The van der Waals surface area contributed by atoms with Crippen molar-refractivity contribution in [2.45, 2.75) is 6.92 Å². The van der Waals surface area contributed by atoms with E-state index in [9.17, 15) is 0 Å². The predicted octanol–water partition coefficient (Wildman–Crippen LogP) is 1.73. The van der Waals surface area contributed by atoms with Gasteiger partial charge in [0.05, 0.1) is 17.7 Å². The fourth-order valence-corrected chi connectivity index (χ4v) is 1.90. The van der Waals surface area contributed by atoms with E-state index in [0.717, 1.165) is 42.1 Å². The van der Waals surface area contributed by atoms with Crippen LogP contribution in [0.2, 0.25) is 0 Å². The summed E-state index contributed by atoms with van der Waals surface area (Å²) in [6.45, 7) is 4.80. The lowest BCUT2D eigenvalue weighted by Gasteiger charge is -2.26. The van der Waals surface area contributed by atoms with Crippen LogP contribution in [0.5, 0.6) is 5.75 Å². The average molecular weight is 218 g/mol. The third-order valence-electron chi connectivity index (χ3n) is 2.97. The van der Waals surface area contributed by atoms with Crippen LogP contribution in [-0.2, 0) is 0 Å². The molecule has 3 rings (SSSR count). The van der Waals surface area contributed by atoms with Gasteiger partial charge in [-0.25, -0.2) is 0 Å². The van der Waals surface area contributed by atoms with E-state index in [1.165, 1.54) is 0 Å². The van der Waals surface area contributed by atoms with Gasteiger partial charge in [0, 0.05) is 19.0 Å². The minimum absolute atomic E-state index is 0.635. The van der Waals surface area contributed by atoms with E-state index in [2.05, 4.69) is 10.5 Å². The number of aromatic nitrogens is 1. The van der Waals surface area contributed by atoms with Gasteiger partial charge in [0.2, 0.25) is 0 Å². The van der Waals surface area contributed by atoms with Crippen LogP contribution in [0, 0.1) is 12.8 Å². The van der Waals surface area contributed by atoms with Crippen LogP contribution in [0.25, 0.3) is 11.0 Å². The zero-order valence-corrected chi connectivity index (χ0v) is 9.19. The van der Waals surface area contributed by atoms with E-state index >= 15 is 0 Å². The third-order valence-corrected chi connectivity index (χ3v) is 2.97. The maximum Gasteiger partial charge on any atom is 0.170 e. The quantitative estimate of drug-likeness (QED) is 0.852. The normalized spacial score (nSPS) is 16.3. The molecule has 1 aliphatic heterocycles. The molecule has 0 unspecified atom stereocenters. The Labute approximate surface area is 93.6 Å². The minimum Gasteiger partial charge on any atom is -0.492 e. The fourth-order valence-electron chi connectivity index (χ4n) is 1.90. The van der Waals surface area contributed by atoms with Crippen molar-refractivity contribution in [3.05, 3.63) is 23.9 Å². The standard InChI is InChI=1S/C12H14N2O2/c1-8-12-10(15-7-9-5-13-6-9)3-2-4-11(12)16-14-8/h2-4,9,13H,5-7H2,1H3. The number of rotatable bonds is 3. The van der Waals surface area contributed by atoms with Crippen LogP contribution >= 0.6 is 0 Å². The van der Waals surface area contributed by atoms with E-state index in [1.807, 2.05) is 25.1 Å². The van der Waals surface area contributed by atoms with E-state index in [4.69, 9.17) is 9.26 Å². The molecule has 0 atom stereocenters. The molecule has 84 valence electrons. The molecule has 16 heavy (non-hydrogen) atoms. The van der Waals surface area contributed by atoms with Gasteiger partial charge in [-0.3, -0.25) is 0 Å². The van der Waals surface area contributed by atoms with Crippen LogP contribution in [0.3, 0.4) is 0 Å². The van der Waals surface area contributed by atoms with Crippen LogP contribution in [0.4, 0.5) is 0 Å². The zero-order valence-electron chi connectivity index (χ0n) is 9.19. The highest BCUT2D eigenvalue weighted by atomic mass is 16.5. The molecular weight excluding hydrogens is 204 g/mol. The predicted molar refractivity (Wildman–Crippen MR) is 60.6 cm³/mol. The number of nitrogens with one attached hydrogen (secondary N) is 1. The van der Waals surface area contributed by atoms with Crippen LogP contribution in [-0.4, -0.2) is 24.9 Å². The van der Waals surface area contributed by atoms with E-state index in [0.29, 0.717) is 5.92 Å². The van der Waals surface area contributed by atoms with Crippen molar-refractivity contribution in [3.63, 3.8) is 0 Å². The highest BCUT2D eigenvalue weighted by Gasteiger charge is 2.18. The van der Waals surface area contributed by atoms with Crippen LogP contribution < -0.4 is 10.1 Å². The van der Waals surface area contributed by atoms with Gasteiger partial charge < -0.3 is 14.6 Å². The summed E-state index contributed by atoms with van der Waals surface area (Å²) in [6, 6.07) is 5.81. The lowest BCUT2D eigenvalue weighted by molar-refractivity contribution is 0.201. The SMILES string of the molecule is Cc1noc2cccc(OCC3CNC3)c12. The molecule has 4 heteroatoms. The molecule has 1 aliphatic rings. The van der Waals surface area contributed by atoms with Crippen molar-refractivity contribution in [2.75, 3.05) is 19.7 Å². The Kier molecular flexibility index (Phi) is 2.29. The lowest BCUT2D eigenvalue weighted by Crippen LogP contribution is -2.45. The van der Waals surface area contributed by atoms with Gasteiger partial charge in [-0.2, -0.15) is 0 Å². The summed E-state index contributed by atoms with van der Waals surface area (Å²) >= 11 is 0. The maximum atomic E-state index is 5.82. The molecule has 0 bridgehead atoms. The summed E-state index contributed by atoms with van der Waals surface area (Å²) in [4.78, 5) is 0. The van der Waals surface area contributed by atoms with Gasteiger partial charge in [-0.05, 0) is 19.1 Å². The Balaban J connectivity index is 1.86. The number of hydrogen-bond acceptors (Lipinski definition) is 4. The lowest BCUT2D eigenvalue weighted by atomic mass is 10.1. The monoisotopic (exact) mass is 218 g/mol. The summed E-state index contributed by atoms with van der Waals surface area (Å²) < 4.78 is 11.0. The molecule has 1 saturated heterocycles. The first-order valence-electron chi connectivity index (χ1n) is 5.53. The largest absolute Gasteiger partial charge is 0.492 e. The number of aryl methyl sites for hydroxylation is 1. The Morgan fingerprint density at radius 3 is 3.12 bits per heavy atom. The Morgan fingerprint density at radius 1 is 1.50 bits per heavy atom. The molecule has 4 nitrogen and oxygen atoms in total. The van der Waals surface area contributed by atoms with Gasteiger partial charge in [-0.15, -0.1) is 0 Å². The average Bonchev–Trinajstić information content (AvgIpc) is 2.59. The Bertz CT molecular complexity index is 503. The van der Waals surface area contributed by atoms with Gasteiger partial charge >= 0.3 is 0 Å². The van der Waals surface area contributed by atoms with Crippen molar-refractivity contribution in [1.82, 2.24) is 10.5 Å². The van der Waals surface area contributed by atoms with Gasteiger partial charge in [0.25, 0.3) is 0 Å². The van der Waals surface area contributed by atoms with E-state index in [1.54, 1.807) is 0 Å². The molecule has 0 spiro atoms. The summed E-state index contributed by atoms with van der Waals surface area (Å²) in [5.74, 6) is 1.51. The molecule has 1 fully saturated rings. The molecule has 0 amide bonds.